The van der Waals surface area contributed by atoms with Gasteiger partial charge in [-0.15, -0.1) is 0 Å². The number of carbonyl (C=O) groups is 1. The summed E-state index contributed by atoms with van der Waals surface area (Å²) in [6, 6.07) is 5.76. The second kappa shape index (κ2) is 7.31. The summed E-state index contributed by atoms with van der Waals surface area (Å²) in [7, 11) is -3.30. The summed E-state index contributed by atoms with van der Waals surface area (Å²) < 4.78 is 30.0. The minimum absolute atomic E-state index is 0.0721. The Morgan fingerprint density at radius 1 is 1.40 bits per heavy atom. The molecule has 0 radical (unpaired) electrons. The molecule has 1 fully saturated rings. The Kier molecular flexibility index (Phi) is 5.31. The lowest BCUT2D eigenvalue weighted by Crippen LogP contribution is -2.42. The van der Waals surface area contributed by atoms with Crippen molar-refractivity contribution < 1.29 is 23.1 Å². The van der Waals surface area contributed by atoms with Gasteiger partial charge in [0.25, 0.3) is 0 Å². The Morgan fingerprint density at radius 3 is 2.84 bits per heavy atom. The van der Waals surface area contributed by atoms with Crippen LogP contribution in [-0.2, 0) is 21.2 Å². The lowest BCUT2D eigenvalue weighted by Gasteiger charge is -2.38. The van der Waals surface area contributed by atoms with Crippen LogP contribution in [0.2, 0.25) is 0 Å². The Balaban J connectivity index is 1.67. The second-order valence-electron chi connectivity index (χ2n) is 6.81. The number of carbonyl (C=O) groups excluding carboxylic acids is 1. The number of amides is 1. The number of benzene rings is 1. The van der Waals surface area contributed by atoms with Gasteiger partial charge < -0.3 is 15.2 Å². The first-order valence-electron chi connectivity index (χ1n) is 8.49. The van der Waals surface area contributed by atoms with E-state index < -0.39 is 10.0 Å². The standard InChI is InChI=1S/C17H24N2O5S/c1-25(22,23)18-6-4-16(21)19-17(13-9-14(20)10-13)12-2-3-15-11(8-12)5-7-24-15/h2-3,8,13-14,17-18,20H,4-7,9-10H2,1H3,(H,19,21). The van der Waals surface area contributed by atoms with Gasteiger partial charge in [-0.25, -0.2) is 13.1 Å². The first-order valence-corrected chi connectivity index (χ1v) is 10.4. The molecule has 7 nitrogen and oxygen atoms in total. The van der Waals surface area contributed by atoms with Crippen molar-refractivity contribution in [2.45, 2.75) is 37.8 Å². The molecular weight excluding hydrogens is 344 g/mol. The van der Waals surface area contributed by atoms with Crippen LogP contribution in [0, 0.1) is 5.92 Å². The minimum Gasteiger partial charge on any atom is -0.493 e. The zero-order valence-electron chi connectivity index (χ0n) is 14.2. The number of sulfonamides is 1. The van der Waals surface area contributed by atoms with Crippen molar-refractivity contribution in [2.75, 3.05) is 19.4 Å². The number of rotatable bonds is 7. The molecule has 138 valence electrons. The van der Waals surface area contributed by atoms with Crippen molar-refractivity contribution in [1.29, 1.82) is 0 Å². The molecule has 1 atom stereocenters. The van der Waals surface area contributed by atoms with Gasteiger partial charge in [-0.2, -0.15) is 0 Å². The third-order valence-electron chi connectivity index (χ3n) is 4.73. The van der Waals surface area contributed by atoms with Gasteiger partial charge in [-0.3, -0.25) is 4.79 Å². The third-order valence-corrected chi connectivity index (χ3v) is 5.45. The van der Waals surface area contributed by atoms with Crippen LogP contribution in [0.25, 0.3) is 0 Å². The molecule has 0 saturated heterocycles. The van der Waals surface area contributed by atoms with Crippen LogP contribution in [0.1, 0.15) is 36.4 Å². The van der Waals surface area contributed by atoms with Crippen LogP contribution in [0.4, 0.5) is 0 Å². The molecule has 0 bridgehead atoms. The largest absolute Gasteiger partial charge is 0.493 e. The highest BCUT2D eigenvalue weighted by atomic mass is 32.2. The van der Waals surface area contributed by atoms with Crippen molar-refractivity contribution in [2.24, 2.45) is 5.92 Å². The predicted molar refractivity (Wildman–Crippen MR) is 92.7 cm³/mol. The van der Waals surface area contributed by atoms with E-state index in [-0.39, 0.29) is 36.9 Å². The topological polar surface area (TPSA) is 105 Å². The van der Waals surface area contributed by atoms with Crippen molar-refractivity contribution in [3.8, 4) is 5.75 Å². The lowest BCUT2D eigenvalue weighted by atomic mass is 9.75. The van der Waals surface area contributed by atoms with E-state index in [1.165, 1.54) is 0 Å². The van der Waals surface area contributed by atoms with Crippen LogP contribution >= 0.6 is 0 Å². The Hall–Kier alpha value is -1.64. The molecule has 1 aliphatic heterocycles. The highest BCUT2D eigenvalue weighted by Crippen LogP contribution is 2.39. The monoisotopic (exact) mass is 368 g/mol. The summed E-state index contributed by atoms with van der Waals surface area (Å²) in [5, 5.41) is 12.6. The minimum atomic E-state index is -3.30. The van der Waals surface area contributed by atoms with E-state index in [1.54, 1.807) is 0 Å². The van der Waals surface area contributed by atoms with Crippen molar-refractivity contribution >= 4 is 15.9 Å². The molecule has 2 aliphatic rings. The molecule has 1 aromatic carbocycles. The Labute approximate surface area is 147 Å². The zero-order chi connectivity index (χ0) is 18.0. The number of aliphatic hydroxyl groups is 1. The number of hydrogen-bond acceptors (Lipinski definition) is 5. The smallest absolute Gasteiger partial charge is 0.221 e. The van der Waals surface area contributed by atoms with Crippen molar-refractivity contribution in [3.63, 3.8) is 0 Å². The van der Waals surface area contributed by atoms with E-state index in [2.05, 4.69) is 16.1 Å². The molecule has 0 spiro atoms. The maximum absolute atomic E-state index is 12.2. The lowest BCUT2D eigenvalue weighted by molar-refractivity contribution is -0.122. The summed E-state index contributed by atoms with van der Waals surface area (Å²) in [6.07, 6.45) is 2.99. The molecule has 1 amide bonds. The van der Waals surface area contributed by atoms with Gasteiger partial charge >= 0.3 is 0 Å². The van der Waals surface area contributed by atoms with Crippen LogP contribution in [-0.4, -0.2) is 44.9 Å². The highest BCUT2D eigenvalue weighted by Gasteiger charge is 2.36. The van der Waals surface area contributed by atoms with E-state index in [0.29, 0.717) is 19.4 Å². The SMILES string of the molecule is CS(=O)(=O)NCCC(=O)NC(c1ccc2c(c1)CCO2)C1CC(O)C1. The van der Waals surface area contributed by atoms with Gasteiger partial charge in [-0.1, -0.05) is 6.07 Å². The van der Waals surface area contributed by atoms with Gasteiger partial charge in [0.05, 0.1) is 25.0 Å². The average molecular weight is 368 g/mol. The maximum Gasteiger partial charge on any atom is 0.221 e. The number of ether oxygens (including phenoxy) is 1. The normalized spacial score (nSPS) is 23.3. The Bertz CT molecular complexity index is 743. The molecule has 0 aromatic heterocycles. The van der Waals surface area contributed by atoms with Gasteiger partial charge in [-0.05, 0) is 42.0 Å². The van der Waals surface area contributed by atoms with Gasteiger partial charge in [0.15, 0.2) is 0 Å². The number of hydrogen-bond donors (Lipinski definition) is 3. The van der Waals surface area contributed by atoms with E-state index >= 15 is 0 Å². The maximum atomic E-state index is 12.2. The fraction of sp³-hybridized carbons (Fsp3) is 0.588. The quantitative estimate of drug-likeness (QED) is 0.650. The number of aliphatic hydroxyl groups excluding tert-OH is 1. The summed E-state index contributed by atoms with van der Waals surface area (Å²) in [4.78, 5) is 12.2. The fourth-order valence-electron chi connectivity index (χ4n) is 3.37. The number of fused-ring (bicyclic) bond motifs is 1. The summed E-state index contributed by atoms with van der Waals surface area (Å²) in [6.45, 7) is 0.748. The van der Waals surface area contributed by atoms with E-state index in [1.807, 2.05) is 12.1 Å². The first kappa shape index (κ1) is 18.2. The van der Waals surface area contributed by atoms with Crippen LogP contribution in [0.5, 0.6) is 5.75 Å². The van der Waals surface area contributed by atoms with Crippen molar-refractivity contribution in [3.05, 3.63) is 29.3 Å². The van der Waals surface area contributed by atoms with E-state index in [0.717, 1.165) is 29.6 Å². The third kappa shape index (κ3) is 4.71. The number of nitrogens with one attached hydrogen (secondary N) is 2. The Morgan fingerprint density at radius 2 is 2.16 bits per heavy atom. The molecule has 1 saturated carbocycles. The van der Waals surface area contributed by atoms with Crippen LogP contribution in [0.3, 0.4) is 0 Å². The molecule has 3 N–H and O–H groups in total. The molecule has 3 rings (SSSR count). The van der Waals surface area contributed by atoms with Gasteiger partial charge in [0, 0.05) is 19.4 Å². The molecule has 1 aliphatic carbocycles. The first-order chi connectivity index (χ1) is 11.8. The predicted octanol–water partition coefficient (Wildman–Crippen LogP) is 0.489. The summed E-state index contributed by atoms with van der Waals surface area (Å²) in [5.74, 6) is 0.862. The van der Waals surface area contributed by atoms with E-state index in [9.17, 15) is 18.3 Å². The average Bonchev–Trinajstić information content (AvgIpc) is 2.96. The molecular formula is C17H24N2O5S. The molecule has 1 aromatic rings. The summed E-state index contributed by atoms with van der Waals surface area (Å²) in [5.41, 5.74) is 2.14. The highest BCUT2D eigenvalue weighted by molar-refractivity contribution is 7.88. The fourth-order valence-corrected chi connectivity index (χ4v) is 3.84. The van der Waals surface area contributed by atoms with Crippen LogP contribution < -0.4 is 14.8 Å². The van der Waals surface area contributed by atoms with Crippen molar-refractivity contribution in [1.82, 2.24) is 10.0 Å². The molecule has 25 heavy (non-hydrogen) atoms. The van der Waals surface area contributed by atoms with Gasteiger partial charge in [0.1, 0.15) is 5.75 Å². The molecule has 1 heterocycles. The molecule has 8 heteroatoms. The van der Waals surface area contributed by atoms with Gasteiger partial charge in [0.2, 0.25) is 15.9 Å². The molecule has 1 unspecified atom stereocenters. The van der Waals surface area contributed by atoms with E-state index in [4.69, 9.17) is 4.74 Å². The zero-order valence-corrected chi connectivity index (χ0v) is 15.0. The van der Waals surface area contributed by atoms with Crippen LogP contribution in [0.15, 0.2) is 18.2 Å². The second-order valence-corrected chi connectivity index (χ2v) is 8.65. The summed E-state index contributed by atoms with van der Waals surface area (Å²) >= 11 is 0.